The summed E-state index contributed by atoms with van der Waals surface area (Å²) in [4.78, 5) is 4.97. The van der Waals surface area contributed by atoms with Gasteiger partial charge in [-0.25, -0.2) is 4.68 Å². The Kier molecular flexibility index (Phi) is 5.91. The molecule has 146 valence electrons. The lowest BCUT2D eigenvalue weighted by Crippen LogP contribution is -2.54. The molecule has 2 aliphatic rings. The Labute approximate surface area is 162 Å². The first kappa shape index (κ1) is 18.7. The molecule has 2 saturated heterocycles. The Hall–Kier alpha value is -1.69. The van der Waals surface area contributed by atoms with Crippen molar-refractivity contribution in [2.24, 2.45) is 0 Å². The van der Waals surface area contributed by atoms with Gasteiger partial charge in [0.05, 0.1) is 11.8 Å². The molecule has 0 spiro atoms. The number of hydrogen-bond acceptors (Lipinski definition) is 4. The second-order valence-corrected chi connectivity index (χ2v) is 8.17. The number of β-amino-alcohol motifs (C(OH)–C–C–N with tert-alkyl or cyclic N) is 1. The van der Waals surface area contributed by atoms with E-state index >= 15 is 0 Å². The lowest BCUT2D eigenvalue weighted by Gasteiger charge is -2.41. The predicted octanol–water partition coefficient (Wildman–Crippen LogP) is 2.99. The summed E-state index contributed by atoms with van der Waals surface area (Å²) in [6, 6.07) is 8.83. The summed E-state index contributed by atoms with van der Waals surface area (Å²) in [6.45, 7) is 7.25. The number of benzene rings is 1. The molecule has 2 aromatic rings. The Balaban J connectivity index is 1.37. The SMILES string of the molecule is Cc1cc(-n2cccn2)ccc1CN1CC[C@@H](N2CCCCCC2)[C@H](O)C1. The zero-order valence-corrected chi connectivity index (χ0v) is 16.4. The molecule has 0 bridgehead atoms. The summed E-state index contributed by atoms with van der Waals surface area (Å²) in [5, 5.41) is 15.1. The van der Waals surface area contributed by atoms with Crippen molar-refractivity contribution in [2.45, 2.75) is 57.7 Å². The third kappa shape index (κ3) is 4.42. The van der Waals surface area contributed by atoms with Crippen LogP contribution in [0.1, 0.15) is 43.2 Å². The number of aromatic nitrogens is 2. The largest absolute Gasteiger partial charge is 0.390 e. The van der Waals surface area contributed by atoms with E-state index in [-0.39, 0.29) is 6.10 Å². The molecule has 2 aliphatic heterocycles. The molecule has 1 aromatic carbocycles. The highest BCUT2D eigenvalue weighted by molar-refractivity contribution is 5.39. The van der Waals surface area contributed by atoms with Crippen molar-refractivity contribution < 1.29 is 5.11 Å². The summed E-state index contributed by atoms with van der Waals surface area (Å²) < 4.78 is 1.90. The van der Waals surface area contributed by atoms with Gasteiger partial charge in [0.15, 0.2) is 0 Å². The zero-order valence-electron chi connectivity index (χ0n) is 16.4. The third-order valence-corrected chi connectivity index (χ3v) is 6.23. The molecule has 0 unspecified atom stereocenters. The first-order valence-corrected chi connectivity index (χ1v) is 10.4. The highest BCUT2D eigenvalue weighted by atomic mass is 16.3. The maximum absolute atomic E-state index is 10.8. The standard InChI is InChI=1S/C22H32N4O/c1-18-15-20(26-13-6-10-23-26)8-7-19(18)16-24-14-9-21(22(27)17-24)25-11-4-2-3-5-12-25/h6-8,10,13,15,21-22,27H,2-5,9,11-12,14,16-17H2,1H3/t21-,22-/m1/s1. The van der Waals surface area contributed by atoms with Crippen molar-refractivity contribution in [3.63, 3.8) is 0 Å². The number of hydrogen-bond donors (Lipinski definition) is 1. The monoisotopic (exact) mass is 368 g/mol. The fraction of sp³-hybridized carbons (Fsp3) is 0.591. The summed E-state index contributed by atoms with van der Waals surface area (Å²) in [6.07, 6.45) is 9.88. The number of aliphatic hydroxyl groups is 1. The maximum atomic E-state index is 10.8. The summed E-state index contributed by atoms with van der Waals surface area (Å²) in [5.41, 5.74) is 3.72. The van der Waals surface area contributed by atoms with Gasteiger partial charge in [0, 0.05) is 38.1 Å². The molecule has 27 heavy (non-hydrogen) atoms. The molecule has 0 saturated carbocycles. The van der Waals surface area contributed by atoms with Crippen LogP contribution in [0, 0.1) is 6.92 Å². The van der Waals surface area contributed by atoms with Gasteiger partial charge in [-0.05, 0) is 68.6 Å². The fourth-order valence-corrected chi connectivity index (χ4v) is 4.64. The second kappa shape index (κ2) is 8.55. The molecule has 2 fully saturated rings. The van der Waals surface area contributed by atoms with Crippen LogP contribution in [0.5, 0.6) is 0 Å². The lowest BCUT2D eigenvalue weighted by atomic mass is 9.98. The van der Waals surface area contributed by atoms with Crippen molar-refractivity contribution in [1.82, 2.24) is 19.6 Å². The highest BCUT2D eigenvalue weighted by Gasteiger charge is 2.32. The van der Waals surface area contributed by atoms with Crippen LogP contribution in [-0.4, -0.2) is 63.0 Å². The zero-order chi connectivity index (χ0) is 18.6. The van der Waals surface area contributed by atoms with Crippen LogP contribution in [0.2, 0.25) is 0 Å². The first-order chi connectivity index (χ1) is 13.2. The van der Waals surface area contributed by atoms with Gasteiger partial charge in [-0.1, -0.05) is 18.9 Å². The minimum Gasteiger partial charge on any atom is -0.390 e. The lowest BCUT2D eigenvalue weighted by molar-refractivity contribution is -0.0144. The highest BCUT2D eigenvalue weighted by Crippen LogP contribution is 2.23. The van der Waals surface area contributed by atoms with E-state index in [0.717, 1.165) is 44.8 Å². The maximum Gasteiger partial charge on any atom is 0.0822 e. The van der Waals surface area contributed by atoms with Crippen molar-refractivity contribution in [1.29, 1.82) is 0 Å². The number of aliphatic hydroxyl groups excluding tert-OH is 1. The summed E-state index contributed by atoms with van der Waals surface area (Å²) in [5.74, 6) is 0. The molecule has 0 radical (unpaired) electrons. The number of nitrogens with zero attached hydrogens (tertiary/aromatic N) is 4. The van der Waals surface area contributed by atoms with Gasteiger partial charge in [-0.3, -0.25) is 9.80 Å². The van der Waals surface area contributed by atoms with E-state index in [1.807, 2.05) is 16.9 Å². The molecular weight excluding hydrogens is 336 g/mol. The molecule has 1 aromatic heterocycles. The van der Waals surface area contributed by atoms with E-state index in [1.165, 1.54) is 36.8 Å². The first-order valence-electron chi connectivity index (χ1n) is 10.4. The minimum absolute atomic E-state index is 0.236. The molecule has 2 atom stereocenters. The molecular formula is C22H32N4O. The number of piperidine rings is 1. The van der Waals surface area contributed by atoms with Crippen molar-refractivity contribution in [3.05, 3.63) is 47.8 Å². The van der Waals surface area contributed by atoms with E-state index in [4.69, 9.17) is 0 Å². The van der Waals surface area contributed by atoms with Crippen LogP contribution in [0.4, 0.5) is 0 Å². The Bertz CT molecular complexity index is 722. The quantitative estimate of drug-likeness (QED) is 0.901. The van der Waals surface area contributed by atoms with Crippen LogP contribution in [-0.2, 0) is 6.54 Å². The normalized spacial score (nSPS) is 25.4. The Morgan fingerprint density at radius 1 is 1.11 bits per heavy atom. The van der Waals surface area contributed by atoms with Crippen LogP contribution in [0.15, 0.2) is 36.7 Å². The van der Waals surface area contributed by atoms with Gasteiger partial charge in [0.25, 0.3) is 0 Å². The van der Waals surface area contributed by atoms with Crippen molar-refractivity contribution >= 4 is 0 Å². The van der Waals surface area contributed by atoms with E-state index in [1.54, 1.807) is 6.20 Å². The van der Waals surface area contributed by atoms with Gasteiger partial charge < -0.3 is 5.11 Å². The molecule has 0 aliphatic carbocycles. The predicted molar refractivity (Wildman–Crippen MR) is 108 cm³/mol. The van der Waals surface area contributed by atoms with E-state index in [9.17, 15) is 5.11 Å². The Morgan fingerprint density at radius 2 is 1.93 bits per heavy atom. The van der Waals surface area contributed by atoms with Crippen LogP contribution in [0.25, 0.3) is 5.69 Å². The number of aryl methyl sites for hydroxylation is 1. The van der Waals surface area contributed by atoms with Gasteiger partial charge in [0.2, 0.25) is 0 Å². The van der Waals surface area contributed by atoms with E-state index in [0.29, 0.717) is 6.04 Å². The number of rotatable bonds is 4. The molecule has 4 rings (SSSR count). The van der Waals surface area contributed by atoms with Crippen LogP contribution >= 0.6 is 0 Å². The molecule has 5 heteroatoms. The molecule has 5 nitrogen and oxygen atoms in total. The second-order valence-electron chi connectivity index (χ2n) is 8.17. The van der Waals surface area contributed by atoms with Gasteiger partial charge in [-0.2, -0.15) is 5.10 Å². The average molecular weight is 369 g/mol. The van der Waals surface area contributed by atoms with Gasteiger partial charge in [-0.15, -0.1) is 0 Å². The Morgan fingerprint density at radius 3 is 2.59 bits per heavy atom. The average Bonchev–Trinajstić information content (AvgIpc) is 3.07. The van der Waals surface area contributed by atoms with E-state index < -0.39 is 0 Å². The fourth-order valence-electron chi connectivity index (χ4n) is 4.64. The number of likely N-dealkylation sites (tertiary alicyclic amines) is 2. The molecule has 3 heterocycles. The van der Waals surface area contributed by atoms with Crippen LogP contribution < -0.4 is 0 Å². The molecule has 1 N–H and O–H groups in total. The molecule has 0 amide bonds. The van der Waals surface area contributed by atoms with Gasteiger partial charge >= 0.3 is 0 Å². The van der Waals surface area contributed by atoms with Crippen molar-refractivity contribution in [3.8, 4) is 5.69 Å². The topological polar surface area (TPSA) is 44.5 Å². The van der Waals surface area contributed by atoms with Crippen molar-refractivity contribution in [2.75, 3.05) is 26.2 Å². The van der Waals surface area contributed by atoms with Gasteiger partial charge in [0.1, 0.15) is 0 Å². The van der Waals surface area contributed by atoms with Crippen LogP contribution in [0.3, 0.4) is 0 Å². The summed E-state index contributed by atoms with van der Waals surface area (Å²) >= 11 is 0. The smallest absolute Gasteiger partial charge is 0.0822 e. The summed E-state index contributed by atoms with van der Waals surface area (Å²) in [7, 11) is 0. The minimum atomic E-state index is -0.236. The van der Waals surface area contributed by atoms with E-state index in [2.05, 4.69) is 40.0 Å². The third-order valence-electron chi connectivity index (χ3n) is 6.23.